The van der Waals surface area contributed by atoms with Crippen molar-refractivity contribution in [3.8, 4) is 0 Å². The van der Waals surface area contributed by atoms with Crippen LogP contribution in [0.5, 0.6) is 0 Å². The molecule has 2 atom stereocenters. The van der Waals surface area contributed by atoms with E-state index in [1.165, 1.54) is 24.8 Å². The van der Waals surface area contributed by atoms with Crippen molar-refractivity contribution in [3.63, 3.8) is 0 Å². The van der Waals surface area contributed by atoms with Gasteiger partial charge < -0.3 is 4.90 Å². The molecule has 1 amide bonds. The molecule has 0 aliphatic heterocycles. The molecule has 4 aliphatic rings. The summed E-state index contributed by atoms with van der Waals surface area (Å²) in [6.45, 7) is 5.61. The quantitative estimate of drug-likeness (QED) is 0.796. The standard InChI is InChI=1S/C21H29NO/c1-19-9-17-10-20(2,13-19)15-21(11-17,14-19)18(23)22(3)12-16-7-5-4-6-8-16/h4-8,17H,9-15H2,1-3H3. The summed E-state index contributed by atoms with van der Waals surface area (Å²) < 4.78 is 0. The first-order chi connectivity index (χ1) is 10.8. The van der Waals surface area contributed by atoms with Gasteiger partial charge in [0.1, 0.15) is 0 Å². The van der Waals surface area contributed by atoms with Gasteiger partial charge in [-0.3, -0.25) is 4.79 Å². The van der Waals surface area contributed by atoms with Crippen molar-refractivity contribution in [3.05, 3.63) is 35.9 Å². The van der Waals surface area contributed by atoms with Crippen LogP contribution in [0.4, 0.5) is 0 Å². The van der Waals surface area contributed by atoms with E-state index < -0.39 is 0 Å². The molecule has 4 aliphatic carbocycles. The molecule has 0 heterocycles. The number of rotatable bonds is 3. The van der Waals surface area contributed by atoms with Gasteiger partial charge >= 0.3 is 0 Å². The molecule has 4 bridgehead atoms. The summed E-state index contributed by atoms with van der Waals surface area (Å²) in [5.74, 6) is 1.18. The minimum Gasteiger partial charge on any atom is -0.341 e. The Hall–Kier alpha value is -1.31. The average Bonchev–Trinajstić information content (AvgIpc) is 2.43. The number of hydrogen-bond acceptors (Lipinski definition) is 1. The van der Waals surface area contributed by atoms with Gasteiger partial charge in [-0.05, 0) is 60.8 Å². The highest BCUT2D eigenvalue weighted by Gasteiger charge is 2.63. The van der Waals surface area contributed by atoms with Gasteiger partial charge in [-0.1, -0.05) is 44.2 Å². The maximum atomic E-state index is 13.4. The normalized spacial score (nSPS) is 41.1. The van der Waals surface area contributed by atoms with Crippen molar-refractivity contribution in [2.24, 2.45) is 22.2 Å². The Kier molecular flexibility index (Phi) is 3.21. The van der Waals surface area contributed by atoms with E-state index in [1.54, 1.807) is 0 Å². The number of hydrogen-bond donors (Lipinski definition) is 0. The minimum atomic E-state index is -0.0769. The first-order valence-corrected chi connectivity index (χ1v) is 9.11. The lowest BCUT2D eigenvalue weighted by molar-refractivity contribution is -0.178. The van der Waals surface area contributed by atoms with E-state index >= 15 is 0 Å². The van der Waals surface area contributed by atoms with Crippen LogP contribution >= 0.6 is 0 Å². The minimum absolute atomic E-state index is 0.0769. The molecule has 2 unspecified atom stereocenters. The topological polar surface area (TPSA) is 20.3 Å². The summed E-state index contributed by atoms with van der Waals surface area (Å²) in [4.78, 5) is 15.4. The van der Waals surface area contributed by atoms with E-state index in [1.807, 2.05) is 18.0 Å². The summed E-state index contributed by atoms with van der Waals surface area (Å²) in [5.41, 5.74) is 1.95. The highest BCUT2D eigenvalue weighted by atomic mass is 16.2. The van der Waals surface area contributed by atoms with Crippen LogP contribution in [0.25, 0.3) is 0 Å². The lowest BCUT2D eigenvalue weighted by atomic mass is 9.40. The predicted octanol–water partition coefficient (Wildman–Crippen LogP) is 4.64. The third kappa shape index (κ3) is 2.51. The van der Waals surface area contributed by atoms with Gasteiger partial charge in [-0.15, -0.1) is 0 Å². The first-order valence-electron chi connectivity index (χ1n) is 9.11. The number of carbonyl (C=O) groups is 1. The second-order valence-electron chi connectivity index (χ2n) is 9.56. The average molecular weight is 311 g/mol. The lowest BCUT2D eigenvalue weighted by Gasteiger charge is -2.65. The van der Waals surface area contributed by atoms with Crippen LogP contribution in [0, 0.1) is 22.2 Å². The van der Waals surface area contributed by atoms with Crippen LogP contribution in [0.15, 0.2) is 30.3 Å². The van der Waals surface area contributed by atoms with Crippen LogP contribution in [-0.2, 0) is 11.3 Å². The van der Waals surface area contributed by atoms with Gasteiger partial charge in [-0.25, -0.2) is 0 Å². The van der Waals surface area contributed by atoms with E-state index in [2.05, 4.69) is 38.1 Å². The van der Waals surface area contributed by atoms with E-state index in [-0.39, 0.29) is 5.41 Å². The third-order valence-electron chi connectivity index (χ3n) is 6.69. The predicted molar refractivity (Wildman–Crippen MR) is 92.8 cm³/mol. The van der Waals surface area contributed by atoms with E-state index in [0.29, 0.717) is 16.7 Å². The summed E-state index contributed by atoms with van der Waals surface area (Å²) in [7, 11) is 2.00. The number of benzene rings is 1. The van der Waals surface area contributed by atoms with Gasteiger partial charge in [0.25, 0.3) is 0 Å². The largest absolute Gasteiger partial charge is 0.341 e. The third-order valence-corrected chi connectivity index (χ3v) is 6.69. The van der Waals surface area contributed by atoms with Crippen molar-refractivity contribution in [2.75, 3.05) is 7.05 Å². The number of carbonyl (C=O) groups excluding carboxylic acids is 1. The Balaban J connectivity index is 1.58. The van der Waals surface area contributed by atoms with Crippen molar-refractivity contribution in [2.45, 2.75) is 58.9 Å². The summed E-state index contributed by atoms with van der Waals surface area (Å²) in [6, 6.07) is 10.4. The van der Waals surface area contributed by atoms with Crippen molar-refractivity contribution < 1.29 is 4.79 Å². The zero-order valence-corrected chi connectivity index (χ0v) is 14.8. The van der Waals surface area contributed by atoms with E-state index in [0.717, 1.165) is 31.7 Å². The second-order valence-corrected chi connectivity index (χ2v) is 9.56. The lowest BCUT2D eigenvalue weighted by Crippen LogP contribution is -2.59. The molecule has 0 spiro atoms. The van der Waals surface area contributed by atoms with E-state index in [9.17, 15) is 4.79 Å². The SMILES string of the molecule is CN(Cc1ccccc1)C(=O)C12CC3CC(C)(CC(C)(C3)C1)C2. The van der Waals surface area contributed by atoms with Crippen LogP contribution in [0.1, 0.15) is 57.9 Å². The number of nitrogens with zero attached hydrogens (tertiary/aromatic N) is 1. The Bertz CT molecular complexity index is 604. The molecule has 0 N–H and O–H groups in total. The molecule has 0 saturated heterocycles. The molecule has 2 nitrogen and oxygen atoms in total. The summed E-state index contributed by atoms with van der Waals surface area (Å²) >= 11 is 0. The van der Waals surface area contributed by atoms with Crippen LogP contribution in [0.3, 0.4) is 0 Å². The Morgan fingerprint density at radius 1 is 1.04 bits per heavy atom. The van der Waals surface area contributed by atoms with Crippen LogP contribution in [0.2, 0.25) is 0 Å². The molecule has 0 radical (unpaired) electrons. The first kappa shape index (κ1) is 15.2. The highest BCUT2D eigenvalue weighted by molar-refractivity contribution is 5.83. The fraction of sp³-hybridized carbons (Fsp3) is 0.667. The van der Waals surface area contributed by atoms with Crippen molar-refractivity contribution in [1.29, 1.82) is 0 Å². The zero-order chi connectivity index (χ0) is 16.3. The van der Waals surface area contributed by atoms with Gasteiger partial charge in [0, 0.05) is 13.6 Å². The molecule has 2 heteroatoms. The van der Waals surface area contributed by atoms with Gasteiger partial charge in [0.05, 0.1) is 5.41 Å². The highest BCUT2D eigenvalue weighted by Crippen LogP contribution is 2.69. The number of amides is 1. The maximum absolute atomic E-state index is 13.4. The molecular weight excluding hydrogens is 282 g/mol. The molecule has 1 aromatic carbocycles. The van der Waals surface area contributed by atoms with Crippen molar-refractivity contribution in [1.82, 2.24) is 4.90 Å². The summed E-state index contributed by atoms with van der Waals surface area (Å²) in [6.07, 6.45) is 7.39. The summed E-state index contributed by atoms with van der Waals surface area (Å²) in [5, 5.41) is 0. The van der Waals surface area contributed by atoms with Gasteiger partial charge in [0.15, 0.2) is 0 Å². The molecule has 23 heavy (non-hydrogen) atoms. The molecule has 4 fully saturated rings. The van der Waals surface area contributed by atoms with Crippen LogP contribution in [-0.4, -0.2) is 17.9 Å². The second kappa shape index (κ2) is 4.84. The molecular formula is C21H29NO. The molecule has 1 aromatic rings. The fourth-order valence-electron chi connectivity index (χ4n) is 7.02. The van der Waals surface area contributed by atoms with Gasteiger partial charge in [-0.2, -0.15) is 0 Å². The Morgan fingerprint density at radius 3 is 2.22 bits per heavy atom. The molecule has 124 valence electrons. The van der Waals surface area contributed by atoms with E-state index in [4.69, 9.17) is 0 Å². The molecule has 5 rings (SSSR count). The maximum Gasteiger partial charge on any atom is 0.228 e. The Labute approximate surface area is 140 Å². The molecule has 0 aromatic heterocycles. The monoisotopic (exact) mass is 311 g/mol. The van der Waals surface area contributed by atoms with Crippen LogP contribution < -0.4 is 0 Å². The van der Waals surface area contributed by atoms with Gasteiger partial charge in [0.2, 0.25) is 5.91 Å². The fourth-order valence-corrected chi connectivity index (χ4v) is 7.02. The zero-order valence-electron chi connectivity index (χ0n) is 14.8. The Morgan fingerprint density at radius 2 is 1.65 bits per heavy atom. The molecule has 4 saturated carbocycles. The smallest absolute Gasteiger partial charge is 0.228 e. The van der Waals surface area contributed by atoms with Crippen molar-refractivity contribution >= 4 is 5.91 Å².